The Hall–Kier alpha value is -3.45. The van der Waals surface area contributed by atoms with Crippen molar-refractivity contribution in [2.45, 2.75) is 24.7 Å². The Morgan fingerprint density at radius 2 is 1.62 bits per heavy atom. The standard InChI is InChI=1S/C27H28N2O4S/c1-19-7-6-8-21(15-19)32-13-4-5-14-34-22-11-9-20(10-12-22)33-27-23-16-25(30-2)26(31-3)17-24(23)28-18-29-27/h6-12,15-18H,4-5,13-14H2,1-3H3. The van der Waals surface area contributed by atoms with E-state index < -0.39 is 0 Å². The van der Waals surface area contributed by atoms with Gasteiger partial charge >= 0.3 is 0 Å². The lowest BCUT2D eigenvalue weighted by Crippen LogP contribution is -1.98. The normalized spacial score (nSPS) is 10.8. The summed E-state index contributed by atoms with van der Waals surface area (Å²) in [5.74, 6) is 4.38. The summed E-state index contributed by atoms with van der Waals surface area (Å²) in [6.45, 7) is 2.81. The van der Waals surface area contributed by atoms with Gasteiger partial charge in [0.2, 0.25) is 5.88 Å². The van der Waals surface area contributed by atoms with Crippen molar-refractivity contribution in [3.63, 3.8) is 0 Å². The largest absolute Gasteiger partial charge is 0.494 e. The van der Waals surface area contributed by atoms with Gasteiger partial charge in [-0.25, -0.2) is 9.97 Å². The maximum absolute atomic E-state index is 6.05. The second-order valence-electron chi connectivity index (χ2n) is 7.70. The smallest absolute Gasteiger partial charge is 0.230 e. The van der Waals surface area contributed by atoms with Crippen molar-refractivity contribution in [2.75, 3.05) is 26.6 Å². The molecule has 0 saturated heterocycles. The van der Waals surface area contributed by atoms with E-state index in [0.29, 0.717) is 23.1 Å². The van der Waals surface area contributed by atoms with Crippen LogP contribution in [-0.4, -0.2) is 36.5 Å². The van der Waals surface area contributed by atoms with Gasteiger partial charge in [0.1, 0.15) is 17.8 Å². The molecule has 0 fully saturated rings. The highest BCUT2D eigenvalue weighted by molar-refractivity contribution is 7.99. The van der Waals surface area contributed by atoms with Gasteiger partial charge in [-0.3, -0.25) is 0 Å². The SMILES string of the molecule is COc1cc2ncnc(Oc3ccc(SCCCCOc4cccc(C)c4)cc3)c2cc1OC. The molecule has 176 valence electrons. The van der Waals surface area contributed by atoms with E-state index in [-0.39, 0.29) is 0 Å². The van der Waals surface area contributed by atoms with Crippen LogP contribution in [0.15, 0.2) is 71.9 Å². The molecule has 7 heteroatoms. The fourth-order valence-corrected chi connectivity index (χ4v) is 4.36. The minimum absolute atomic E-state index is 0.472. The molecule has 0 spiro atoms. The molecule has 4 rings (SSSR count). The highest BCUT2D eigenvalue weighted by Gasteiger charge is 2.12. The molecule has 0 atom stereocenters. The Balaban J connectivity index is 1.29. The molecule has 6 nitrogen and oxygen atoms in total. The van der Waals surface area contributed by atoms with Gasteiger partial charge in [0, 0.05) is 11.0 Å². The lowest BCUT2D eigenvalue weighted by Gasteiger charge is -2.11. The van der Waals surface area contributed by atoms with Crippen molar-refractivity contribution >= 4 is 22.7 Å². The van der Waals surface area contributed by atoms with Crippen LogP contribution in [0.5, 0.6) is 28.9 Å². The van der Waals surface area contributed by atoms with Gasteiger partial charge in [0.05, 0.1) is 31.7 Å². The highest BCUT2D eigenvalue weighted by Crippen LogP contribution is 2.36. The van der Waals surface area contributed by atoms with Gasteiger partial charge < -0.3 is 18.9 Å². The van der Waals surface area contributed by atoms with Crippen LogP contribution in [0, 0.1) is 6.92 Å². The molecule has 0 amide bonds. The van der Waals surface area contributed by atoms with E-state index in [4.69, 9.17) is 18.9 Å². The minimum Gasteiger partial charge on any atom is -0.494 e. The van der Waals surface area contributed by atoms with Gasteiger partial charge in [-0.2, -0.15) is 0 Å². The fourth-order valence-electron chi connectivity index (χ4n) is 3.45. The first-order valence-corrected chi connectivity index (χ1v) is 12.1. The molecule has 0 unspecified atom stereocenters. The van der Waals surface area contributed by atoms with E-state index in [1.54, 1.807) is 14.2 Å². The number of aromatic nitrogens is 2. The molecular weight excluding hydrogens is 448 g/mol. The molecule has 4 aromatic rings. The predicted molar refractivity (Wildman–Crippen MR) is 136 cm³/mol. The number of aryl methyl sites for hydroxylation is 1. The Morgan fingerprint density at radius 1 is 0.824 bits per heavy atom. The second-order valence-corrected chi connectivity index (χ2v) is 8.87. The molecule has 1 aromatic heterocycles. The van der Waals surface area contributed by atoms with E-state index in [9.17, 15) is 0 Å². The maximum Gasteiger partial charge on any atom is 0.230 e. The molecule has 0 radical (unpaired) electrons. The number of fused-ring (bicyclic) bond motifs is 1. The Bertz CT molecular complexity index is 1230. The third kappa shape index (κ3) is 6.11. The van der Waals surface area contributed by atoms with Crippen molar-refractivity contribution in [1.29, 1.82) is 0 Å². The summed E-state index contributed by atoms with van der Waals surface area (Å²) >= 11 is 1.83. The lowest BCUT2D eigenvalue weighted by atomic mass is 10.2. The van der Waals surface area contributed by atoms with Crippen LogP contribution in [0.2, 0.25) is 0 Å². The zero-order chi connectivity index (χ0) is 23.8. The highest BCUT2D eigenvalue weighted by atomic mass is 32.2. The molecule has 0 aliphatic carbocycles. The molecule has 0 aliphatic heterocycles. The average Bonchev–Trinajstić information content (AvgIpc) is 2.86. The van der Waals surface area contributed by atoms with E-state index in [2.05, 4.69) is 41.2 Å². The van der Waals surface area contributed by atoms with Gasteiger partial charge in [-0.1, -0.05) is 12.1 Å². The van der Waals surface area contributed by atoms with E-state index in [0.717, 1.165) is 41.9 Å². The number of methoxy groups -OCH3 is 2. The molecule has 1 heterocycles. The van der Waals surface area contributed by atoms with Crippen LogP contribution in [0.4, 0.5) is 0 Å². The molecule has 0 N–H and O–H groups in total. The minimum atomic E-state index is 0.472. The van der Waals surface area contributed by atoms with Crippen molar-refractivity contribution in [1.82, 2.24) is 9.97 Å². The molecule has 34 heavy (non-hydrogen) atoms. The van der Waals surface area contributed by atoms with Gasteiger partial charge in [0.15, 0.2) is 11.5 Å². The third-order valence-corrected chi connectivity index (χ3v) is 6.31. The first-order chi connectivity index (χ1) is 16.7. The third-order valence-electron chi connectivity index (χ3n) is 5.21. The second kappa shape index (κ2) is 11.6. The van der Waals surface area contributed by atoms with Crippen LogP contribution < -0.4 is 18.9 Å². The summed E-state index contributed by atoms with van der Waals surface area (Å²) in [6.07, 6.45) is 3.60. The number of benzene rings is 3. The average molecular weight is 477 g/mol. The lowest BCUT2D eigenvalue weighted by molar-refractivity contribution is 0.309. The van der Waals surface area contributed by atoms with E-state index in [1.165, 1.54) is 16.8 Å². The number of nitrogens with zero attached hydrogens (tertiary/aromatic N) is 2. The van der Waals surface area contributed by atoms with E-state index in [1.807, 2.05) is 48.2 Å². The molecule has 0 aliphatic rings. The molecule has 3 aromatic carbocycles. The zero-order valence-electron chi connectivity index (χ0n) is 19.6. The quantitative estimate of drug-likeness (QED) is 0.176. The first-order valence-electron chi connectivity index (χ1n) is 11.1. The van der Waals surface area contributed by atoms with Crippen molar-refractivity contribution in [3.8, 4) is 28.9 Å². The van der Waals surface area contributed by atoms with Crippen LogP contribution in [0.25, 0.3) is 10.9 Å². The van der Waals surface area contributed by atoms with Crippen LogP contribution in [0.3, 0.4) is 0 Å². The van der Waals surface area contributed by atoms with Crippen molar-refractivity contribution in [2.24, 2.45) is 0 Å². The number of unbranched alkanes of at least 4 members (excludes halogenated alkanes) is 1. The Morgan fingerprint density at radius 3 is 2.38 bits per heavy atom. The number of hydrogen-bond acceptors (Lipinski definition) is 7. The first kappa shape index (κ1) is 23.7. The number of thioether (sulfide) groups is 1. The van der Waals surface area contributed by atoms with Gasteiger partial charge in [-0.15, -0.1) is 11.8 Å². The van der Waals surface area contributed by atoms with Gasteiger partial charge in [0.25, 0.3) is 0 Å². The number of ether oxygens (including phenoxy) is 4. The fraction of sp³-hybridized carbons (Fsp3) is 0.259. The molecule has 0 bridgehead atoms. The maximum atomic E-state index is 6.05. The van der Waals surface area contributed by atoms with Crippen LogP contribution in [0.1, 0.15) is 18.4 Å². The summed E-state index contributed by atoms with van der Waals surface area (Å²) in [7, 11) is 3.20. The zero-order valence-corrected chi connectivity index (χ0v) is 20.4. The number of rotatable bonds is 11. The topological polar surface area (TPSA) is 62.7 Å². The predicted octanol–water partition coefficient (Wildman–Crippen LogP) is 6.70. The van der Waals surface area contributed by atoms with Gasteiger partial charge in [-0.05, 0) is 73.5 Å². The van der Waals surface area contributed by atoms with Crippen LogP contribution >= 0.6 is 11.8 Å². The van der Waals surface area contributed by atoms with E-state index >= 15 is 0 Å². The number of hydrogen-bond donors (Lipinski definition) is 0. The summed E-state index contributed by atoms with van der Waals surface area (Å²) in [6, 6.07) is 19.9. The van der Waals surface area contributed by atoms with Crippen molar-refractivity contribution < 1.29 is 18.9 Å². The molecular formula is C27H28N2O4S. The summed E-state index contributed by atoms with van der Waals surface area (Å²) < 4.78 is 22.6. The summed E-state index contributed by atoms with van der Waals surface area (Å²) in [4.78, 5) is 9.83. The van der Waals surface area contributed by atoms with Crippen molar-refractivity contribution in [3.05, 3.63) is 72.6 Å². The summed E-state index contributed by atoms with van der Waals surface area (Å²) in [5, 5.41) is 0.756. The Kier molecular flexibility index (Phi) is 8.09. The van der Waals surface area contributed by atoms with Crippen LogP contribution in [-0.2, 0) is 0 Å². The molecule has 0 saturated carbocycles. The monoisotopic (exact) mass is 476 g/mol. The summed E-state index contributed by atoms with van der Waals surface area (Å²) in [5.41, 5.74) is 1.94. The Labute approximate surface area is 204 Å².